The second-order valence-electron chi connectivity index (χ2n) is 3.22. The van der Waals surface area contributed by atoms with Gasteiger partial charge in [0.25, 0.3) is 0 Å². The summed E-state index contributed by atoms with van der Waals surface area (Å²) in [5, 5.41) is 0. The smallest absolute Gasteiger partial charge is 0.110 e. The average Bonchev–Trinajstić information content (AvgIpc) is 2.37. The molecule has 0 radical (unpaired) electrons. The summed E-state index contributed by atoms with van der Waals surface area (Å²) < 4.78 is 2.17. The summed E-state index contributed by atoms with van der Waals surface area (Å²) in [5.41, 5.74) is 5.70. The number of aromatic nitrogens is 2. The molecule has 0 fully saturated rings. The van der Waals surface area contributed by atoms with E-state index in [4.69, 9.17) is 5.73 Å². The lowest BCUT2D eigenvalue weighted by Gasteiger charge is -2.07. The Morgan fingerprint density at radius 1 is 1.67 bits per heavy atom. The SMILES string of the molecule is CCCn1ccnc1CC(C)N. The lowest BCUT2D eigenvalue weighted by atomic mass is 10.2. The van der Waals surface area contributed by atoms with Gasteiger partial charge in [0.15, 0.2) is 0 Å². The number of rotatable bonds is 4. The number of nitrogens with two attached hydrogens (primary N) is 1. The number of hydrogen-bond acceptors (Lipinski definition) is 2. The second kappa shape index (κ2) is 4.26. The van der Waals surface area contributed by atoms with Crippen LogP contribution in [0.3, 0.4) is 0 Å². The molecule has 1 unspecified atom stereocenters. The largest absolute Gasteiger partial charge is 0.335 e. The lowest BCUT2D eigenvalue weighted by Crippen LogP contribution is -2.20. The van der Waals surface area contributed by atoms with E-state index in [2.05, 4.69) is 16.5 Å². The van der Waals surface area contributed by atoms with Gasteiger partial charge < -0.3 is 10.3 Å². The number of aryl methyl sites for hydroxylation is 1. The highest BCUT2D eigenvalue weighted by atomic mass is 15.1. The molecule has 2 N–H and O–H groups in total. The maximum absolute atomic E-state index is 5.70. The van der Waals surface area contributed by atoms with Crippen LogP contribution >= 0.6 is 0 Å². The van der Waals surface area contributed by atoms with E-state index in [1.807, 2.05) is 19.3 Å². The molecule has 0 spiro atoms. The minimum Gasteiger partial charge on any atom is -0.335 e. The molecule has 1 heterocycles. The van der Waals surface area contributed by atoms with Crippen LogP contribution in [0.15, 0.2) is 12.4 Å². The Hall–Kier alpha value is -0.830. The van der Waals surface area contributed by atoms with E-state index >= 15 is 0 Å². The summed E-state index contributed by atoms with van der Waals surface area (Å²) in [4.78, 5) is 4.26. The van der Waals surface area contributed by atoms with E-state index in [0.717, 1.165) is 25.2 Å². The van der Waals surface area contributed by atoms with Crippen LogP contribution in [0, 0.1) is 0 Å². The van der Waals surface area contributed by atoms with Crippen LogP contribution < -0.4 is 5.73 Å². The Bertz CT molecular complexity index is 227. The van der Waals surface area contributed by atoms with Crippen molar-refractivity contribution in [1.82, 2.24) is 9.55 Å². The highest BCUT2D eigenvalue weighted by molar-refractivity contribution is 4.94. The van der Waals surface area contributed by atoms with Crippen LogP contribution in [0.4, 0.5) is 0 Å². The van der Waals surface area contributed by atoms with Crippen LogP contribution in [-0.2, 0) is 13.0 Å². The van der Waals surface area contributed by atoms with Crippen molar-refractivity contribution in [3.8, 4) is 0 Å². The molecular formula is C9H17N3. The van der Waals surface area contributed by atoms with E-state index in [1.54, 1.807) is 0 Å². The summed E-state index contributed by atoms with van der Waals surface area (Å²) in [6.07, 6.45) is 5.86. The van der Waals surface area contributed by atoms with Gasteiger partial charge in [-0.3, -0.25) is 0 Å². The molecule has 3 nitrogen and oxygen atoms in total. The van der Waals surface area contributed by atoms with Crippen molar-refractivity contribution in [2.45, 2.75) is 39.3 Å². The average molecular weight is 167 g/mol. The lowest BCUT2D eigenvalue weighted by molar-refractivity contribution is 0.604. The minimum atomic E-state index is 0.197. The first kappa shape index (κ1) is 9.26. The Labute approximate surface area is 73.6 Å². The fourth-order valence-corrected chi connectivity index (χ4v) is 1.26. The van der Waals surface area contributed by atoms with Crippen molar-refractivity contribution in [2.75, 3.05) is 0 Å². The number of imidazole rings is 1. The monoisotopic (exact) mass is 167 g/mol. The maximum Gasteiger partial charge on any atom is 0.110 e. The summed E-state index contributed by atoms with van der Waals surface area (Å²) in [7, 11) is 0. The van der Waals surface area contributed by atoms with E-state index in [9.17, 15) is 0 Å². The standard InChI is InChI=1S/C9H17N3/c1-3-5-12-6-4-11-9(12)7-8(2)10/h4,6,8H,3,5,7,10H2,1-2H3. The third-order valence-electron chi connectivity index (χ3n) is 1.77. The van der Waals surface area contributed by atoms with Gasteiger partial charge in [-0.15, -0.1) is 0 Å². The number of hydrogen-bond donors (Lipinski definition) is 1. The summed E-state index contributed by atoms with van der Waals surface area (Å²) in [6.45, 7) is 5.21. The van der Waals surface area contributed by atoms with E-state index < -0.39 is 0 Å². The molecule has 0 amide bonds. The van der Waals surface area contributed by atoms with Crippen molar-refractivity contribution >= 4 is 0 Å². The van der Waals surface area contributed by atoms with E-state index in [1.165, 1.54) is 0 Å². The molecule has 1 rings (SSSR count). The van der Waals surface area contributed by atoms with Gasteiger partial charge in [-0.2, -0.15) is 0 Å². The molecule has 68 valence electrons. The van der Waals surface area contributed by atoms with Gasteiger partial charge in [-0.25, -0.2) is 4.98 Å². The van der Waals surface area contributed by atoms with Crippen molar-refractivity contribution < 1.29 is 0 Å². The maximum atomic E-state index is 5.70. The molecule has 12 heavy (non-hydrogen) atoms. The third-order valence-corrected chi connectivity index (χ3v) is 1.77. The minimum absolute atomic E-state index is 0.197. The van der Waals surface area contributed by atoms with Gasteiger partial charge in [-0.05, 0) is 13.3 Å². The fraction of sp³-hybridized carbons (Fsp3) is 0.667. The van der Waals surface area contributed by atoms with Gasteiger partial charge in [-0.1, -0.05) is 6.92 Å². The third kappa shape index (κ3) is 2.34. The van der Waals surface area contributed by atoms with Crippen molar-refractivity contribution in [2.24, 2.45) is 5.73 Å². The highest BCUT2D eigenvalue weighted by Gasteiger charge is 2.03. The van der Waals surface area contributed by atoms with Crippen LogP contribution in [0.2, 0.25) is 0 Å². The highest BCUT2D eigenvalue weighted by Crippen LogP contribution is 2.01. The van der Waals surface area contributed by atoms with Crippen LogP contribution in [0.1, 0.15) is 26.1 Å². The Morgan fingerprint density at radius 2 is 2.42 bits per heavy atom. The van der Waals surface area contributed by atoms with Crippen LogP contribution in [0.25, 0.3) is 0 Å². The molecule has 0 aliphatic carbocycles. The van der Waals surface area contributed by atoms with Gasteiger partial charge in [0.2, 0.25) is 0 Å². The van der Waals surface area contributed by atoms with E-state index in [-0.39, 0.29) is 6.04 Å². The second-order valence-corrected chi connectivity index (χ2v) is 3.22. The van der Waals surface area contributed by atoms with Crippen molar-refractivity contribution in [3.05, 3.63) is 18.2 Å². The van der Waals surface area contributed by atoms with Gasteiger partial charge >= 0.3 is 0 Å². The first-order valence-electron chi connectivity index (χ1n) is 4.49. The zero-order valence-electron chi connectivity index (χ0n) is 7.83. The van der Waals surface area contributed by atoms with Crippen molar-refractivity contribution in [3.63, 3.8) is 0 Å². The Morgan fingerprint density at radius 3 is 3.00 bits per heavy atom. The topological polar surface area (TPSA) is 43.8 Å². The zero-order chi connectivity index (χ0) is 8.97. The van der Waals surface area contributed by atoms with Gasteiger partial charge in [0, 0.05) is 31.4 Å². The van der Waals surface area contributed by atoms with Gasteiger partial charge in [0.05, 0.1) is 0 Å². The first-order chi connectivity index (χ1) is 5.74. The molecule has 1 aromatic rings. The molecule has 3 heteroatoms. The fourth-order valence-electron chi connectivity index (χ4n) is 1.26. The first-order valence-corrected chi connectivity index (χ1v) is 4.49. The molecule has 0 bridgehead atoms. The zero-order valence-corrected chi connectivity index (χ0v) is 7.83. The van der Waals surface area contributed by atoms with Crippen LogP contribution in [0.5, 0.6) is 0 Å². The molecule has 0 aliphatic rings. The Kier molecular flexibility index (Phi) is 3.29. The molecule has 0 saturated heterocycles. The molecule has 1 atom stereocenters. The molecule has 0 aliphatic heterocycles. The Balaban J connectivity index is 2.63. The molecular weight excluding hydrogens is 150 g/mol. The van der Waals surface area contributed by atoms with Gasteiger partial charge in [0.1, 0.15) is 5.82 Å². The summed E-state index contributed by atoms with van der Waals surface area (Å²) in [5.74, 6) is 1.10. The predicted molar refractivity (Wildman–Crippen MR) is 49.9 cm³/mol. The van der Waals surface area contributed by atoms with E-state index in [0.29, 0.717) is 0 Å². The van der Waals surface area contributed by atoms with Crippen molar-refractivity contribution in [1.29, 1.82) is 0 Å². The predicted octanol–water partition coefficient (Wildman–Crippen LogP) is 1.18. The molecule has 0 saturated carbocycles. The van der Waals surface area contributed by atoms with Crippen LogP contribution in [-0.4, -0.2) is 15.6 Å². The normalized spacial score (nSPS) is 13.2. The summed E-state index contributed by atoms with van der Waals surface area (Å²) >= 11 is 0. The number of nitrogens with zero attached hydrogens (tertiary/aromatic N) is 2. The summed E-state index contributed by atoms with van der Waals surface area (Å²) in [6, 6.07) is 0.197. The molecule has 0 aromatic carbocycles. The molecule has 1 aromatic heterocycles. The quantitative estimate of drug-likeness (QED) is 0.732.